The molecule has 3 heterocycles. The summed E-state index contributed by atoms with van der Waals surface area (Å²) in [4.78, 5) is 28.9. The van der Waals surface area contributed by atoms with Gasteiger partial charge in [0.1, 0.15) is 0 Å². The van der Waals surface area contributed by atoms with E-state index in [0.717, 1.165) is 24.6 Å². The first-order valence-electron chi connectivity index (χ1n) is 10.1. The normalized spacial score (nSPS) is 16.7. The number of amides is 2. The standard InChI is InChI=1S/C22H21N5O3S/c28-20-17-8-4-5-9-18(17)21(29)26(20)15-31-22-24-23-19(14-25-10-12-30-13-11-25)27(22)16-6-2-1-3-7-16/h1-9H,10-15H2. The molecule has 2 aromatic carbocycles. The maximum Gasteiger partial charge on any atom is 0.262 e. The fourth-order valence-corrected chi connectivity index (χ4v) is 4.69. The van der Waals surface area contributed by atoms with Crippen LogP contribution in [0.15, 0.2) is 59.8 Å². The van der Waals surface area contributed by atoms with Crippen molar-refractivity contribution in [1.29, 1.82) is 0 Å². The Hall–Kier alpha value is -3.01. The number of nitrogens with zero attached hydrogens (tertiary/aromatic N) is 5. The molecule has 0 saturated carbocycles. The first-order chi connectivity index (χ1) is 15.2. The molecular formula is C22H21N5O3S. The van der Waals surface area contributed by atoms with E-state index < -0.39 is 0 Å². The average molecular weight is 436 g/mol. The van der Waals surface area contributed by atoms with E-state index in [-0.39, 0.29) is 17.7 Å². The van der Waals surface area contributed by atoms with Crippen molar-refractivity contribution in [3.05, 3.63) is 71.5 Å². The number of hydrogen-bond acceptors (Lipinski definition) is 7. The molecule has 1 saturated heterocycles. The van der Waals surface area contributed by atoms with Gasteiger partial charge in [-0.2, -0.15) is 0 Å². The molecular weight excluding hydrogens is 414 g/mol. The van der Waals surface area contributed by atoms with Gasteiger partial charge in [-0.3, -0.25) is 24.0 Å². The van der Waals surface area contributed by atoms with Crippen LogP contribution in [0.5, 0.6) is 0 Å². The zero-order chi connectivity index (χ0) is 21.2. The van der Waals surface area contributed by atoms with E-state index in [1.807, 2.05) is 34.9 Å². The molecule has 5 rings (SSSR count). The summed E-state index contributed by atoms with van der Waals surface area (Å²) in [7, 11) is 0. The molecule has 1 aromatic heterocycles. The highest BCUT2D eigenvalue weighted by Gasteiger charge is 2.35. The maximum atomic E-state index is 12.7. The number of morpholine rings is 1. The Bertz CT molecular complexity index is 1080. The molecule has 0 spiro atoms. The van der Waals surface area contributed by atoms with Crippen LogP contribution in [0, 0.1) is 0 Å². The van der Waals surface area contributed by atoms with Crippen LogP contribution in [0.25, 0.3) is 5.69 Å². The maximum absolute atomic E-state index is 12.7. The first kappa shape index (κ1) is 19.9. The van der Waals surface area contributed by atoms with Crippen molar-refractivity contribution in [2.45, 2.75) is 11.7 Å². The summed E-state index contributed by atoms with van der Waals surface area (Å²) in [5.74, 6) is 0.451. The number of hydrogen-bond donors (Lipinski definition) is 0. The summed E-state index contributed by atoms with van der Waals surface area (Å²) in [6, 6.07) is 16.8. The third kappa shape index (κ3) is 3.87. The van der Waals surface area contributed by atoms with Gasteiger partial charge in [0.25, 0.3) is 11.8 Å². The Morgan fingerprint density at radius 3 is 2.19 bits per heavy atom. The molecule has 3 aromatic rings. The lowest BCUT2D eigenvalue weighted by molar-refractivity contribution is 0.0328. The number of para-hydroxylation sites is 1. The van der Waals surface area contributed by atoms with E-state index >= 15 is 0 Å². The molecule has 8 nitrogen and oxygen atoms in total. The van der Waals surface area contributed by atoms with Crippen LogP contribution in [-0.2, 0) is 11.3 Å². The molecule has 2 aliphatic heterocycles. The Labute approximate surface area is 183 Å². The highest BCUT2D eigenvalue weighted by molar-refractivity contribution is 7.99. The Morgan fingerprint density at radius 2 is 1.52 bits per heavy atom. The molecule has 2 aliphatic rings. The third-order valence-corrected chi connectivity index (χ3v) is 6.29. The van der Waals surface area contributed by atoms with Gasteiger partial charge >= 0.3 is 0 Å². The van der Waals surface area contributed by atoms with Crippen LogP contribution in [0.1, 0.15) is 26.5 Å². The summed E-state index contributed by atoms with van der Waals surface area (Å²) in [5.41, 5.74) is 1.84. The molecule has 0 bridgehead atoms. The van der Waals surface area contributed by atoms with Gasteiger partial charge in [-0.15, -0.1) is 10.2 Å². The van der Waals surface area contributed by atoms with E-state index in [9.17, 15) is 9.59 Å². The number of imide groups is 1. The molecule has 0 atom stereocenters. The largest absolute Gasteiger partial charge is 0.379 e. The van der Waals surface area contributed by atoms with Crippen LogP contribution >= 0.6 is 11.8 Å². The van der Waals surface area contributed by atoms with Gasteiger partial charge in [0.05, 0.1) is 36.8 Å². The Balaban J connectivity index is 1.39. The number of carbonyl (C=O) groups is 2. The van der Waals surface area contributed by atoms with Gasteiger partial charge < -0.3 is 4.74 Å². The predicted molar refractivity (Wildman–Crippen MR) is 115 cm³/mol. The quantitative estimate of drug-likeness (QED) is 0.435. The number of rotatable bonds is 6. The number of benzene rings is 2. The summed E-state index contributed by atoms with van der Waals surface area (Å²) >= 11 is 1.33. The second kappa shape index (κ2) is 8.62. The number of carbonyl (C=O) groups excluding carboxylic acids is 2. The van der Waals surface area contributed by atoms with Gasteiger partial charge in [-0.1, -0.05) is 42.1 Å². The van der Waals surface area contributed by atoms with Crippen molar-refractivity contribution in [1.82, 2.24) is 24.6 Å². The van der Waals surface area contributed by atoms with E-state index in [0.29, 0.717) is 36.0 Å². The molecule has 31 heavy (non-hydrogen) atoms. The number of aromatic nitrogens is 3. The van der Waals surface area contributed by atoms with E-state index in [1.165, 1.54) is 16.7 Å². The topological polar surface area (TPSA) is 80.6 Å². The summed E-state index contributed by atoms with van der Waals surface area (Å²) in [5, 5.41) is 9.46. The van der Waals surface area contributed by atoms with E-state index in [2.05, 4.69) is 15.1 Å². The fourth-order valence-electron chi connectivity index (χ4n) is 3.77. The number of thioether (sulfide) groups is 1. The van der Waals surface area contributed by atoms with Gasteiger partial charge in [-0.05, 0) is 24.3 Å². The molecule has 0 aliphatic carbocycles. The smallest absolute Gasteiger partial charge is 0.262 e. The van der Waals surface area contributed by atoms with Crippen molar-refractivity contribution >= 4 is 23.6 Å². The zero-order valence-corrected chi connectivity index (χ0v) is 17.6. The minimum absolute atomic E-state index is 0.175. The fraction of sp³-hybridized carbons (Fsp3) is 0.273. The predicted octanol–water partition coefficient (Wildman–Crippen LogP) is 2.45. The zero-order valence-electron chi connectivity index (χ0n) is 16.8. The molecule has 2 amide bonds. The summed E-state index contributed by atoms with van der Waals surface area (Å²) < 4.78 is 7.44. The highest BCUT2D eigenvalue weighted by Crippen LogP contribution is 2.28. The van der Waals surface area contributed by atoms with Crippen molar-refractivity contribution in [3.8, 4) is 5.69 Å². The van der Waals surface area contributed by atoms with Crippen LogP contribution in [0.3, 0.4) is 0 Å². The highest BCUT2D eigenvalue weighted by atomic mass is 32.2. The molecule has 158 valence electrons. The van der Waals surface area contributed by atoms with Gasteiger partial charge in [0.2, 0.25) is 0 Å². The molecule has 0 radical (unpaired) electrons. The van der Waals surface area contributed by atoms with Gasteiger partial charge in [-0.25, -0.2) is 0 Å². The second-order valence-electron chi connectivity index (χ2n) is 7.32. The van der Waals surface area contributed by atoms with Crippen LogP contribution in [0.2, 0.25) is 0 Å². The lowest BCUT2D eigenvalue weighted by atomic mass is 10.1. The van der Waals surface area contributed by atoms with Crippen molar-refractivity contribution in [2.75, 3.05) is 32.2 Å². The van der Waals surface area contributed by atoms with Crippen LogP contribution in [-0.4, -0.2) is 68.6 Å². The Morgan fingerprint density at radius 1 is 0.871 bits per heavy atom. The van der Waals surface area contributed by atoms with Crippen molar-refractivity contribution in [3.63, 3.8) is 0 Å². The van der Waals surface area contributed by atoms with E-state index in [4.69, 9.17) is 4.74 Å². The lowest BCUT2D eigenvalue weighted by Gasteiger charge is -2.26. The number of fused-ring (bicyclic) bond motifs is 1. The minimum atomic E-state index is -0.271. The van der Waals surface area contributed by atoms with Crippen molar-refractivity contribution in [2.24, 2.45) is 0 Å². The van der Waals surface area contributed by atoms with Gasteiger partial charge in [0.15, 0.2) is 11.0 Å². The second-order valence-corrected chi connectivity index (χ2v) is 8.23. The summed E-state index contributed by atoms with van der Waals surface area (Å²) in [6.45, 7) is 3.76. The monoisotopic (exact) mass is 435 g/mol. The summed E-state index contributed by atoms with van der Waals surface area (Å²) in [6.07, 6.45) is 0. The van der Waals surface area contributed by atoms with E-state index in [1.54, 1.807) is 24.3 Å². The molecule has 1 fully saturated rings. The SMILES string of the molecule is O=C1c2ccccc2C(=O)N1CSc1nnc(CN2CCOCC2)n1-c1ccccc1. The lowest BCUT2D eigenvalue weighted by Crippen LogP contribution is -2.36. The van der Waals surface area contributed by atoms with Gasteiger partial charge in [0, 0.05) is 18.8 Å². The number of ether oxygens (including phenoxy) is 1. The minimum Gasteiger partial charge on any atom is -0.379 e. The average Bonchev–Trinajstić information content (AvgIpc) is 3.32. The Kier molecular flexibility index (Phi) is 5.54. The molecule has 0 unspecified atom stereocenters. The molecule has 0 N–H and O–H groups in total. The molecule has 9 heteroatoms. The van der Waals surface area contributed by atoms with Crippen LogP contribution in [0.4, 0.5) is 0 Å². The van der Waals surface area contributed by atoms with Crippen LogP contribution < -0.4 is 0 Å². The first-order valence-corrected chi connectivity index (χ1v) is 11.1. The third-order valence-electron chi connectivity index (χ3n) is 5.38. The van der Waals surface area contributed by atoms with Crippen molar-refractivity contribution < 1.29 is 14.3 Å².